The number of rotatable bonds is 2. The Kier molecular flexibility index (Phi) is 3.85. The van der Waals surface area contributed by atoms with Crippen molar-refractivity contribution in [1.82, 2.24) is 4.90 Å². The fourth-order valence-corrected chi connectivity index (χ4v) is 4.20. The molecule has 2 heterocycles. The number of carbonyl (C=O) groups excluding carboxylic acids is 1. The third-order valence-corrected chi connectivity index (χ3v) is 5.41. The molecule has 1 aromatic heterocycles. The Morgan fingerprint density at radius 3 is 3.00 bits per heavy atom. The molecule has 3 nitrogen and oxygen atoms in total. The van der Waals surface area contributed by atoms with Gasteiger partial charge in [-0.25, -0.2) is 4.39 Å². The third-order valence-electron chi connectivity index (χ3n) is 4.25. The number of amides is 1. The monoisotopic (exact) mass is 306 g/mol. The highest BCUT2D eigenvalue weighted by Gasteiger charge is 2.29. The average molecular weight is 306 g/mol. The van der Waals surface area contributed by atoms with Crippen molar-refractivity contribution < 1.29 is 9.18 Å². The van der Waals surface area contributed by atoms with E-state index >= 15 is 0 Å². The second-order valence-electron chi connectivity index (χ2n) is 5.51. The van der Waals surface area contributed by atoms with Crippen LogP contribution in [0.25, 0.3) is 10.1 Å². The summed E-state index contributed by atoms with van der Waals surface area (Å²) in [4.78, 5) is 15.2. The van der Waals surface area contributed by atoms with E-state index in [9.17, 15) is 9.18 Å². The molecule has 1 aliphatic rings. The van der Waals surface area contributed by atoms with Gasteiger partial charge >= 0.3 is 0 Å². The molecular formula is C16H19FN2OS. The van der Waals surface area contributed by atoms with E-state index < -0.39 is 0 Å². The van der Waals surface area contributed by atoms with Gasteiger partial charge < -0.3 is 10.6 Å². The van der Waals surface area contributed by atoms with E-state index in [1.807, 2.05) is 11.0 Å². The zero-order chi connectivity index (χ0) is 15.0. The molecule has 3 rings (SSSR count). The zero-order valence-electron chi connectivity index (χ0n) is 12.1. The molecule has 21 heavy (non-hydrogen) atoms. The molecule has 2 N–H and O–H groups in total. The van der Waals surface area contributed by atoms with Crippen LogP contribution in [0.2, 0.25) is 0 Å². The molecule has 0 bridgehead atoms. The Labute approximate surface area is 127 Å². The van der Waals surface area contributed by atoms with Crippen LogP contribution in [-0.4, -0.2) is 23.4 Å². The summed E-state index contributed by atoms with van der Waals surface area (Å²) >= 11 is 1.30. The van der Waals surface area contributed by atoms with Gasteiger partial charge in [0.05, 0.1) is 11.1 Å². The van der Waals surface area contributed by atoms with Gasteiger partial charge in [0, 0.05) is 17.3 Å². The predicted molar refractivity (Wildman–Crippen MR) is 85.2 cm³/mol. The number of hydrogen-bond acceptors (Lipinski definition) is 3. The fraction of sp³-hybridized carbons (Fsp3) is 0.438. The Morgan fingerprint density at radius 2 is 2.29 bits per heavy atom. The summed E-state index contributed by atoms with van der Waals surface area (Å²) in [5.74, 6) is -0.398. The number of benzene rings is 1. The first-order chi connectivity index (χ1) is 10.1. The standard InChI is InChI=1S/C16H19FN2OS/c1-2-10-6-3-4-9-19(10)16(20)15-14(18)13-11(17)7-5-8-12(13)21-15/h5,7-8,10H,2-4,6,9,18H2,1H3. The minimum absolute atomic E-state index is 0.0420. The molecular weight excluding hydrogens is 287 g/mol. The number of hydrogen-bond donors (Lipinski definition) is 1. The van der Waals surface area contributed by atoms with Crippen LogP contribution in [0, 0.1) is 5.82 Å². The molecule has 0 spiro atoms. The van der Waals surface area contributed by atoms with Crippen molar-refractivity contribution in [2.24, 2.45) is 0 Å². The zero-order valence-corrected chi connectivity index (χ0v) is 12.9. The quantitative estimate of drug-likeness (QED) is 0.910. The van der Waals surface area contributed by atoms with Crippen molar-refractivity contribution in [3.63, 3.8) is 0 Å². The van der Waals surface area contributed by atoms with Crippen LogP contribution < -0.4 is 5.73 Å². The maximum Gasteiger partial charge on any atom is 0.266 e. The van der Waals surface area contributed by atoms with Crippen molar-refractivity contribution in [3.8, 4) is 0 Å². The lowest BCUT2D eigenvalue weighted by Crippen LogP contribution is -2.43. The number of nitrogen functional groups attached to an aromatic ring is 1. The van der Waals surface area contributed by atoms with E-state index in [0.717, 1.165) is 30.5 Å². The van der Waals surface area contributed by atoms with Crippen LogP contribution >= 0.6 is 11.3 Å². The number of nitrogens with two attached hydrogens (primary N) is 1. The molecule has 1 atom stereocenters. The van der Waals surface area contributed by atoms with Gasteiger partial charge in [-0.05, 0) is 37.8 Å². The summed E-state index contributed by atoms with van der Waals surface area (Å²) in [5.41, 5.74) is 6.35. The van der Waals surface area contributed by atoms with Crippen molar-refractivity contribution in [1.29, 1.82) is 0 Å². The molecule has 0 saturated carbocycles. The second-order valence-corrected chi connectivity index (χ2v) is 6.57. The van der Waals surface area contributed by atoms with E-state index in [1.54, 1.807) is 6.07 Å². The van der Waals surface area contributed by atoms with Crippen LogP contribution in [0.4, 0.5) is 10.1 Å². The molecule has 1 aromatic carbocycles. The van der Waals surface area contributed by atoms with Crippen molar-refractivity contribution in [3.05, 3.63) is 28.9 Å². The van der Waals surface area contributed by atoms with E-state index in [4.69, 9.17) is 5.73 Å². The van der Waals surface area contributed by atoms with Crippen LogP contribution in [0.15, 0.2) is 18.2 Å². The highest BCUT2D eigenvalue weighted by Crippen LogP contribution is 2.37. The summed E-state index contributed by atoms with van der Waals surface area (Å²) < 4.78 is 14.6. The molecule has 5 heteroatoms. The van der Waals surface area contributed by atoms with Gasteiger partial charge in [0.15, 0.2) is 0 Å². The van der Waals surface area contributed by atoms with Crippen molar-refractivity contribution in [2.75, 3.05) is 12.3 Å². The van der Waals surface area contributed by atoms with Crippen LogP contribution in [0.1, 0.15) is 42.3 Å². The van der Waals surface area contributed by atoms with Gasteiger partial charge in [-0.2, -0.15) is 0 Å². The molecule has 0 radical (unpaired) electrons. The van der Waals surface area contributed by atoms with E-state index in [0.29, 0.717) is 16.0 Å². The third kappa shape index (κ3) is 2.39. The summed E-state index contributed by atoms with van der Waals surface area (Å²) in [6.07, 6.45) is 4.19. The lowest BCUT2D eigenvalue weighted by Gasteiger charge is -2.35. The SMILES string of the molecule is CCC1CCCCN1C(=O)c1sc2cccc(F)c2c1N. The van der Waals surface area contributed by atoms with E-state index in [-0.39, 0.29) is 17.8 Å². The van der Waals surface area contributed by atoms with Crippen molar-refractivity contribution in [2.45, 2.75) is 38.6 Å². The molecule has 1 saturated heterocycles. The Morgan fingerprint density at radius 1 is 1.48 bits per heavy atom. The van der Waals surface area contributed by atoms with Gasteiger partial charge in [-0.15, -0.1) is 11.3 Å². The minimum Gasteiger partial charge on any atom is -0.397 e. The number of carbonyl (C=O) groups is 1. The first kappa shape index (κ1) is 14.3. The number of likely N-dealkylation sites (tertiary alicyclic amines) is 1. The number of halogens is 1. The molecule has 1 amide bonds. The maximum absolute atomic E-state index is 13.9. The molecule has 1 unspecified atom stereocenters. The largest absolute Gasteiger partial charge is 0.397 e. The summed E-state index contributed by atoms with van der Waals surface area (Å²) in [7, 11) is 0. The highest BCUT2D eigenvalue weighted by atomic mass is 32.1. The molecule has 112 valence electrons. The number of thiophene rings is 1. The minimum atomic E-state index is -0.356. The fourth-order valence-electron chi connectivity index (χ4n) is 3.11. The lowest BCUT2D eigenvalue weighted by atomic mass is 9.99. The Balaban J connectivity index is 2.01. The average Bonchev–Trinajstić information content (AvgIpc) is 2.85. The van der Waals surface area contributed by atoms with Crippen molar-refractivity contribution >= 4 is 33.0 Å². The molecule has 1 aliphatic heterocycles. The van der Waals surface area contributed by atoms with Crippen LogP contribution in [0.5, 0.6) is 0 Å². The first-order valence-corrected chi connectivity index (χ1v) is 8.22. The number of anilines is 1. The Bertz CT molecular complexity index is 682. The summed E-state index contributed by atoms with van der Waals surface area (Å²) in [6.45, 7) is 2.87. The smallest absolute Gasteiger partial charge is 0.266 e. The predicted octanol–water partition coefficient (Wildman–Crippen LogP) is 4.03. The second kappa shape index (κ2) is 5.64. The summed E-state index contributed by atoms with van der Waals surface area (Å²) in [6, 6.07) is 5.12. The normalized spacial score (nSPS) is 19.1. The first-order valence-electron chi connectivity index (χ1n) is 7.41. The Hall–Kier alpha value is -1.62. The van der Waals surface area contributed by atoms with Gasteiger partial charge in [0.25, 0.3) is 5.91 Å². The number of nitrogens with zero attached hydrogens (tertiary/aromatic N) is 1. The van der Waals surface area contributed by atoms with Crippen LogP contribution in [-0.2, 0) is 0 Å². The van der Waals surface area contributed by atoms with Gasteiger partial charge in [0.1, 0.15) is 10.7 Å². The van der Waals surface area contributed by atoms with Gasteiger partial charge in [-0.1, -0.05) is 13.0 Å². The highest BCUT2D eigenvalue weighted by molar-refractivity contribution is 7.21. The van der Waals surface area contributed by atoms with Gasteiger partial charge in [-0.3, -0.25) is 4.79 Å². The molecule has 1 fully saturated rings. The maximum atomic E-state index is 13.9. The van der Waals surface area contributed by atoms with E-state index in [2.05, 4.69) is 6.92 Å². The lowest BCUT2D eigenvalue weighted by molar-refractivity contribution is 0.0614. The van der Waals surface area contributed by atoms with Crippen LogP contribution in [0.3, 0.4) is 0 Å². The summed E-state index contributed by atoms with van der Waals surface area (Å²) in [5, 5.41) is 0.385. The van der Waals surface area contributed by atoms with Gasteiger partial charge in [0.2, 0.25) is 0 Å². The van der Waals surface area contributed by atoms with E-state index in [1.165, 1.54) is 23.8 Å². The number of fused-ring (bicyclic) bond motifs is 1. The molecule has 2 aromatic rings. The molecule has 0 aliphatic carbocycles. The number of piperidine rings is 1. The topological polar surface area (TPSA) is 46.3 Å².